The Bertz CT molecular complexity index is 726. The van der Waals surface area contributed by atoms with Crippen LogP contribution in [0.5, 0.6) is 0 Å². The van der Waals surface area contributed by atoms with Crippen molar-refractivity contribution in [1.82, 2.24) is 5.32 Å². The van der Waals surface area contributed by atoms with Gasteiger partial charge in [0.25, 0.3) is 0 Å². The Balaban J connectivity index is 1.90. The lowest BCUT2D eigenvalue weighted by Gasteiger charge is -2.25. The summed E-state index contributed by atoms with van der Waals surface area (Å²) in [4.78, 5) is 26.0. The van der Waals surface area contributed by atoms with Gasteiger partial charge in [0.05, 0.1) is 0 Å². The molecule has 26 heavy (non-hydrogen) atoms. The summed E-state index contributed by atoms with van der Waals surface area (Å²) < 4.78 is 0. The topological polar surface area (TPSA) is 49.4 Å². The number of carbonyl (C=O) groups is 2. The number of nitrogens with one attached hydrogen (secondary N) is 1. The number of carbonyl (C=O) groups excluding carboxylic acids is 2. The summed E-state index contributed by atoms with van der Waals surface area (Å²) >= 11 is 0. The van der Waals surface area contributed by atoms with Crippen LogP contribution in [0.3, 0.4) is 0 Å². The number of hydrogen-bond acceptors (Lipinski definition) is 2. The fraction of sp³-hybridized carbons (Fsp3) is 0.364. The molecule has 2 amide bonds. The maximum Gasteiger partial charge on any atom is 0.223 e. The molecule has 138 valence electrons. The molecule has 2 rings (SSSR count). The van der Waals surface area contributed by atoms with Crippen LogP contribution < -0.4 is 10.2 Å². The molecule has 0 unspecified atom stereocenters. The minimum Gasteiger partial charge on any atom is -0.356 e. The SMILES string of the molecule is CC(=O)N(CCC(=O)NCCc1ccccc1)c1ccccc1C(C)C. The van der Waals surface area contributed by atoms with E-state index in [0.717, 1.165) is 17.7 Å². The van der Waals surface area contributed by atoms with Gasteiger partial charge < -0.3 is 10.2 Å². The summed E-state index contributed by atoms with van der Waals surface area (Å²) in [5, 5.41) is 2.94. The Kier molecular flexibility index (Phi) is 7.39. The zero-order valence-electron chi connectivity index (χ0n) is 15.9. The Labute approximate surface area is 156 Å². The molecule has 0 fully saturated rings. The molecule has 0 aliphatic carbocycles. The van der Waals surface area contributed by atoms with Crippen molar-refractivity contribution in [3.05, 3.63) is 65.7 Å². The summed E-state index contributed by atoms with van der Waals surface area (Å²) in [5.41, 5.74) is 3.21. The molecule has 0 aliphatic rings. The van der Waals surface area contributed by atoms with Crippen molar-refractivity contribution in [2.24, 2.45) is 0 Å². The quantitative estimate of drug-likeness (QED) is 0.783. The first-order chi connectivity index (χ1) is 12.5. The molecular formula is C22H28N2O2. The van der Waals surface area contributed by atoms with E-state index in [1.165, 1.54) is 5.56 Å². The van der Waals surface area contributed by atoms with Crippen molar-refractivity contribution in [3.8, 4) is 0 Å². The number of para-hydroxylation sites is 1. The third-order valence-electron chi connectivity index (χ3n) is 4.37. The van der Waals surface area contributed by atoms with Crippen LogP contribution in [0, 0.1) is 0 Å². The second-order valence-corrected chi connectivity index (χ2v) is 6.72. The van der Waals surface area contributed by atoms with E-state index >= 15 is 0 Å². The predicted molar refractivity (Wildman–Crippen MR) is 106 cm³/mol. The first kappa shape index (κ1) is 19.7. The molecule has 0 aliphatic heterocycles. The van der Waals surface area contributed by atoms with Gasteiger partial charge in [0, 0.05) is 32.1 Å². The molecule has 1 N–H and O–H groups in total. The molecule has 0 spiro atoms. The van der Waals surface area contributed by atoms with Crippen LogP contribution in [0.2, 0.25) is 0 Å². The Morgan fingerprint density at radius 2 is 1.65 bits per heavy atom. The predicted octanol–water partition coefficient (Wildman–Crippen LogP) is 3.91. The lowest BCUT2D eigenvalue weighted by Crippen LogP contribution is -2.35. The average molecular weight is 352 g/mol. The first-order valence-electron chi connectivity index (χ1n) is 9.16. The van der Waals surface area contributed by atoms with Gasteiger partial charge in [-0.25, -0.2) is 0 Å². The highest BCUT2D eigenvalue weighted by Gasteiger charge is 2.17. The smallest absolute Gasteiger partial charge is 0.223 e. The van der Waals surface area contributed by atoms with Crippen LogP contribution in [-0.2, 0) is 16.0 Å². The molecule has 4 nitrogen and oxygen atoms in total. The van der Waals surface area contributed by atoms with Gasteiger partial charge in [-0.15, -0.1) is 0 Å². The van der Waals surface area contributed by atoms with Crippen molar-refractivity contribution < 1.29 is 9.59 Å². The van der Waals surface area contributed by atoms with Gasteiger partial charge in [-0.05, 0) is 29.5 Å². The third kappa shape index (κ3) is 5.73. The third-order valence-corrected chi connectivity index (χ3v) is 4.37. The van der Waals surface area contributed by atoms with Crippen molar-refractivity contribution in [2.75, 3.05) is 18.0 Å². The summed E-state index contributed by atoms with van der Waals surface area (Å²) in [6.07, 6.45) is 1.10. The number of anilines is 1. The van der Waals surface area contributed by atoms with Crippen LogP contribution in [0.4, 0.5) is 5.69 Å². The largest absolute Gasteiger partial charge is 0.356 e. The van der Waals surface area contributed by atoms with Gasteiger partial charge >= 0.3 is 0 Å². The maximum atomic E-state index is 12.2. The fourth-order valence-electron chi connectivity index (χ4n) is 2.96. The van der Waals surface area contributed by atoms with Crippen molar-refractivity contribution in [3.63, 3.8) is 0 Å². The van der Waals surface area contributed by atoms with Crippen LogP contribution >= 0.6 is 0 Å². The minimum absolute atomic E-state index is 0.0331. The van der Waals surface area contributed by atoms with Gasteiger partial charge in [-0.1, -0.05) is 62.4 Å². The highest BCUT2D eigenvalue weighted by Crippen LogP contribution is 2.27. The molecule has 0 radical (unpaired) electrons. The lowest BCUT2D eigenvalue weighted by molar-refractivity contribution is -0.121. The highest BCUT2D eigenvalue weighted by molar-refractivity contribution is 5.93. The number of amides is 2. The van der Waals surface area contributed by atoms with E-state index in [0.29, 0.717) is 25.4 Å². The van der Waals surface area contributed by atoms with E-state index in [2.05, 4.69) is 19.2 Å². The molecule has 0 heterocycles. The average Bonchev–Trinajstić information content (AvgIpc) is 2.63. The zero-order chi connectivity index (χ0) is 18.9. The summed E-state index contributed by atoms with van der Waals surface area (Å²) in [6.45, 7) is 6.74. The molecule has 2 aromatic rings. The molecule has 0 saturated carbocycles. The number of benzene rings is 2. The molecule has 4 heteroatoms. The second-order valence-electron chi connectivity index (χ2n) is 6.72. The Morgan fingerprint density at radius 1 is 1.00 bits per heavy atom. The molecular weight excluding hydrogens is 324 g/mol. The van der Waals surface area contributed by atoms with Crippen LogP contribution in [0.25, 0.3) is 0 Å². The zero-order valence-corrected chi connectivity index (χ0v) is 15.9. The molecule has 0 aromatic heterocycles. The first-order valence-corrected chi connectivity index (χ1v) is 9.16. The van der Waals surface area contributed by atoms with Crippen molar-refractivity contribution >= 4 is 17.5 Å². The Morgan fingerprint density at radius 3 is 2.31 bits per heavy atom. The highest BCUT2D eigenvalue weighted by atomic mass is 16.2. The molecule has 0 atom stereocenters. The Hall–Kier alpha value is -2.62. The van der Waals surface area contributed by atoms with E-state index in [1.807, 2.05) is 54.6 Å². The van der Waals surface area contributed by atoms with E-state index in [1.54, 1.807) is 11.8 Å². The standard InChI is InChI=1S/C22H28N2O2/c1-17(2)20-11-7-8-12-21(20)24(18(3)25)16-14-22(26)23-15-13-19-9-5-4-6-10-19/h4-12,17H,13-16H2,1-3H3,(H,23,26). The summed E-state index contributed by atoms with van der Waals surface area (Å²) in [6, 6.07) is 18.0. The van der Waals surface area contributed by atoms with Gasteiger partial charge in [0.2, 0.25) is 11.8 Å². The van der Waals surface area contributed by atoms with Crippen LogP contribution in [0.15, 0.2) is 54.6 Å². The fourth-order valence-corrected chi connectivity index (χ4v) is 2.96. The monoisotopic (exact) mass is 352 g/mol. The van der Waals surface area contributed by atoms with E-state index in [9.17, 15) is 9.59 Å². The van der Waals surface area contributed by atoms with Gasteiger partial charge in [-0.3, -0.25) is 9.59 Å². The number of rotatable bonds is 8. The van der Waals surface area contributed by atoms with Crippen LogP contribution in [0.1, 0.15) is 44.2 Å². The maximum absolute atomic E-state index is 12.2. The number of hydrogen-bond donors (Lipinski definition) is 1. The minimum atomic E-state index is -0.0461. The summed E-state index contributed by atoms with van der Waals surface area (Å²) in [5.74, 6) is 0.233. The van der Waals surface area contributed by atoms with Crippen molar-refractivity contribution in [2.45, 2.75) is 39.5 Å². The normalized spacial score (nSPS) is 10.6. The van der Waals surface area contributed by atoms with Gasteiger partial charge in [0.15, 0.2) is 0 Å². The van der Waals surface area contributed by atoms with E-state index in [4.69, 9.17) is 0 Å². The second kappa shape index (κ2) is 9.76. The van der Waals surface area contributed by atoms with Crippen molar-refractivity contribution in [1.29, 1.82) is 0 Å². The van der Waals surface area contributed by atoms with Crippen LogP contribution in [-0.4, -0.2) is 24.9 Å². The lowest BCUT2D eigenvalue weighted by atomic mass is 10.0. The van der Waals surface area contributed by atoms with E-state index in [-0.39, 0.29) is 11.8 Å². The molecule has 2 aromatic carbocycles. The molecule has 0 bridgehead atoms. The van der Waals surface area contributed by atoms with Gasteiger partial charge in [-0.2, -0.15) is 0 Å². The summed E-state index contributed by atoms with van der Waals surface area (Å²) in [7, 11) is 0. The van der Waals surface area contributed by atoms with Gasteiger partial charge in [0.1, 0.15) is 0 Å². The van der Waals surface area contributed by atoms with E-state index < -0.39 is 0 Å². The molecule has 0 saturated heterocycles. The number of nitrogens with zero attached hydrogens (tertiary/aromatic N) is 1.